The fourth-order valence-corrected chi connectivity index (χ4v) is 8.16. The molecular weight excluding hydrogens is 624 g/mol. The zero-order valence-corrected chi connectivity index (χ0v) is 30.3. The van der Waals surface area contributed by atoms with E-state index in [9.17, 15) is 19.2 Å². The number of hydrogen-bond acceptors (Lipinski definition) is 8. The zero-order valence-electron chi connectivity index (χ0n) is 30.3. The molecule has 2 N–H and O–H groups in total. The summed E-state index contributed by atoms with van der Waals surface area (Å²) in [6, 6.07) is 4.21. The minimum absolute atomic E-state index is 0.0832. The van der Waals surface area contributed by atoms with Crippen LogP contribution in [0.3, 0.4) is 0 Å². The summed E-state index contributed by atoms with van der Waals surface area (Å²) in [5, 5.41) is 2.97. The van der Waals surface area contributed by atoms with E-state index in [2.05, 4.69) is 29.1 Å². The summed E-state index contributed by atoms with van der Waals surface area (Å²) in [4.78, 5) is 62.8. The number of unbranched alkanes of at least 4 members (excludes halogenated alkanes) is 2. The molecule has 2 aromatic rings. The van der Waals surface area contributed by atoms with Crippen molar-refractivity contribution in [1.29, 1.82) is 0 Å². The monoisotopic (exact) mass is 680 g/mol. The van der Waals surface area contributed by atoms with Gasteiger partial charge in [-0.1, -0.05) is 47.0 Å². The molecule has 3 aliphatic rings. The summed E-state index contributed by atoms with van der Waals surface area (Å²) in [6.07, 6.45) is 8.41. The highest BCUT2D eigenvalue weighted by molar-refractivity contribution is 5.93. The number of ether oxygens (including phenoxy) is 3. The first-order valence-corrected chi connectivity index (χ1v) is 18.3. The highest BCUT2D eigenvalue weighted by Gasteiger charge is 2.47. The van der Waals surface area contributed by atoms with Crippen LogP contribution >= 0.6 is 0 Å². The Morgan fingerprint density at radius 2 is 1.92 bits per heavy atom. The molecule has 1 aliphatic carbocycles. The number of fused-ring (bicyclic) bond motifs is 1. The van der Waals surface area contributed by atoms with Crippen molar-refractivity contribution in [2.75, 3.05) is 26.9 Å². The number of carbonyl (C=O) groups is 3. The van der Waals surface area contributed by atoms with Crippen molar-refractivity contribution in [1.82, 2.24) is 20.2 Å². The Morgan fingerprint density at radius 3 is 2.59 bits per heavy atom. The first-order valence-electron chi connectivity index (χ1n) is 18.3. The van der Waals surface area contributed by atoms with Crippen molar-refractivity contribution in [3.8, 4) is 5.75 Å². The topological polar surface area (TPSA) is 140 Å². The number of likely N-dealkylation sites (tertiary alicyclic amines) is 1. The van der Waals surface area contributed by atoms with Crippen LogP contribution in [0.2, 0.25) is 0 Å². The maximum Gasteiger partial charge on any atom is 0.408 e. The van der Waals surface area contributed by atoms with Gasteiger partial charge in [-0.15, -0.1) is 0 Å². The molecule has 2 aliphatic heterocycles. The van der Waals surface area contributed by atoms with Crippen molar-refractivity contribution in [3.05, 3.63) is 34.2 Å². The van der Waals surface area contributed by atoms with Gasteiger partial charge < -0.3 is 29.4 Å². The Morgan fingerprint density at radius 1 is 1.14 bits per heavy atom. The van der Waals surface area contributed by atoms with Crippen LogP contribution in [0.4, 0.5) is 4.79 Å². The molecule has 270 valence electrons. The Labute approximate surface area is 290 Å². The second-order valence-corrected chi connectivity index (χ2v) is 15.5. The van der Waals surface area contributed by atoms with Gasteiger partial charge in [0, 0.05) is 23.9 Å². The standard InChI is InChI=1S/C38H56N4O7/c1-7-25-17-19-42(32(25)33(43)24(2)3)35(45)31(21-37(4)22-48-23-37)41-36(46)49-38(5)18-11-13-26(38)12-9-8-10-14-29-34(44)40-30-20-27(47-6)15-16-28(30)39-29/h15-16,20,24-26,31-32H,7-14,17-19,21-23H2,1-6H3,(H,40,44)(H,41,46). The Balaban J connectivity index is 1.16. The number of rotatable bonds is 15. The van der Waals surface area contributed by atoms with E-state index in [1.54, 1.807) is 18.1 Å². The molecule has 11 nitrogen and oxygen atoms in total. The molecule has 5 unspecified atom stereocenters. The number of amides is 2. The number of hydrogen-bond donors (Lipinski definition) is 2. The number of Topliss-reactive ketones (excluding diaryl/α,β-unsaturated/α-hetero) is 1. The third kappa shape index (κ3) is 8.47. The quantitative estimate of drug-likeness (QED) is 0.220. The molecule has 5 rings (SSSR count). The molecule has 11 heteroatoms. The predicted molar refractivity (Wildman–Crippen MR) is 188 cm³/mol. The lowest BCUT2D eigenvalue weighted by Crippen LogP contribution is -2.57. The summed E-state index contributed by atoms with van der Waals surface area (Å²) in [5.41, 5.74) is 0.906. The first-order chi connectivity index (χ1) is 23.4. The van der Waals surface area contributed by atoms with Crippen LogP contribution in [0, 0.1) is 23.2 Å². The number of aromatic amines is 1. The lowest BCUT2D eigenvalue weighted by atomic mass is 9.81. The van der Waals surface area contributed by atoms with E-state index in [1.165, 1.54) is 0 Å². The molecule has 1 aromatic carbocycles. The maximum atomic E-state index is 14.1. The number of ketones is 1. The number of aromatic nitrogens is 2. The molecule has 0 spiro atoms. The van der Waals surface area contributed by atoms with Gasteiger partial charge >= 0.3 is 6.09 Å². The van der Waals surface area contributed by atoms with Gasteiger partial charge in [0.1, 0.15) is 23.1 Å². The van der Waals surface area contributed by atoms with Crippen molar-refractivity contribution >= 4 is 28.8 Å². The van der Waals surface area contributed by atoms with Crippen LogP contribution in [0.15, 0.2) is 23.0 Å². The second kappa shape index (κ2) is 15.6. The SMILES string of the molecule is CCC1CCN(C(=O)C(CC2(C)COC2)NC(=O)OC2(C)CCCC2CCCCCc2nc3ccc(OC)cc3[nH]c2=O)C1C(=O)C(C)C. The Bertz CT molecular complexity index is 1550. The molecule has 3 fully saturated rings. The number of methoxy groups -OCH3 is 1. The highest BCUT2D eigenvalue weighted by Crippen LogP contribution is 2.42. The van der Waals surface area contributed by atoms with Gasteiger partial charge in [-0.25, -0.2) is 9.78 Å². The molecule has 2 saturated heterocycles. The predicted octanol–water partition coefficient (Wildman–Crippen LogP) is 5.97. The van der Waals surface area contributed by atoms with Crippen LogP contribution < -0.4 is 15.6 Å². The van der Waals surface area contributed by atoms with Crippen LogP contribution in [-0.4, -0.2) is 77.2 Å². The smallest absolute Gasteiger partial charge is 0.408 e. The van der Waals surface area contributed by atoms with E-state index in [0.717, 1.165) is 63.3 Å². The van der Waals surface area contributed by atoms with E-state index in [4.69, 9.17) is 14.2 Å². The molecule has 1 saturated carbocycles. The number of aryl methyl sites for hydroxylation is 1. The second-order valence-electron chi connectivity index (χ2n) is 15.5. The molecule has 0 radical (unpaired) electrons. The fraction of sp³-hybridized carbons (Fsp3) is 0.711. The van der Waals surface area contributed by atoms with Gasteiger partial charge in [0.05, 0.1) is 37.4 Å². The Kier molecular flexibility index (Phi) is 11.7. The van der Waals surface area contributed by atoms with E-state index in [1.807, 2.05) is 32.9 Å². The molecule has 1 aromatic heterocycles. The van der Waals surface area contributed by atoms with Gasteiger partial charge in [-0.05, 0) is 82.3 Å². The minimum atomic E-state index is -0.795. The number of alkyl carbamates (subject to hydrolysis) is 1. The Hall–Kier alpha value is -3.47. The molecular formula is C38H56N4O7. The molecule has 0 bridgehead atoms. The normalized spacial score (nSPS) is 25.3. The third-order valence-electron chi connectivity index (χ3n) is 11.2. The maximum absolute atomic E-state index is 14.1. The van der Waals surface area contributed by atoms with E-state index in [0.29, 0.717) is 49.6 Å². The van der Waals surface area contributed by atoms with Crippen molar-refractivity contribution < 1.29 is 28.6 Å². The minimum Gasteiger partial charge on any atom is -0.497 e. The number of nitrogens with one attached hydrogen (secondary N) is 2. The summed E-state index contributed by atoms with van der Waals surface area (Å²) in [5.74, 6) is 0.710. The molecule has 3 heterocycles. The van der Waals surface area contributed by atoms with Crippen LogP contribution in [0.25, 0.3) is 11.0 Å². The zero-order chi connectivity index (χ0) is 35.3. The highest BCUT2D eigenvalue weighted by atomic mass is 16.6. The van der Waals surface area contributed by atoms with Gasteiger partial charge in [0.15, 0.2) is 5.78 Å². The van der Waals surface area contributed by atoms with Gasteiger partial charge in [0.2, 0.25) is 5.91 Å². The lowest BCUT2D eigenvalue weighted by molar-refractivity contribution is -0.146. The van der Waals surface area contributed by atoms with Crippen LogP contribution in [-0.2, 0) is 25.5 Å². The summed E-state index contributed by atoms with van der Waals surface area (Å²) >= 11 is 0. The largest absolute Gasteiger partial charge is 0.497 e. The van der Waals surface area contributed by atoms with Gasteiger partial charge in [0.25, 0.3) is 5.56 Å². The number of nitrogens with zero attached hydrogens (tertiary/aromatic N) is 2. The molecule has 5 atom stereocenters. The van der Waals surface area contributed by atoms with Crippen molar-refractivity contribution in [2.45, 2.75) is 123 Å². The molecule has 49 heavy (non-hydrogen) atoms. The van der Waals surface area contributed by atoms with E-state index < -0.39 is 23.8 Å². The first kappa shape index (κ1) is 36.8. The van der Waals surface area contributed by atoms with Crippen molar-refractivity contribution in [3.63, 3.8) is 0 Å². The summed E-state index contributed by atoms with van der Waals surface area (Å²) in [7, 11) is 1.59. The summed E-state index contributed by atoms with van der Waals surface area (Å²) in [6.45, 7) is 11.5. The third-order valence-corrected chi connectivity index (χ3v) is 11.2. The fourth-order valence-electron chi connectivity index (χ4n) is 8.16. The van der Waals surface area contributed by atoms with Gasteiger partial charge in [-0.3, -0.25) is 14.4 Å². The van der Waals surface area contributed by atoms with Crippen molar-refractivity contribution in [2.24, 2.45) is 23.2 Å². The van der Waals surface area contributed by atoms with E-state index >= 15 is 0 Å². The lowest BCUT2D eigenvalue weighted by Gasteiger charge is -2.41. The number of carbonyl (C=O) groups excluding carboxylic acids is 3. The average Bonchev–Trinajstić information content (AvgIpc) is 3.65. The van der Waals surface area contributed by atoms with E-state index in [-0.39, 0.29) is 40.4 Å². The molecule has 2 amide bonds. The van der Waals surface area contributed by atoms with Crippen LogP contribution in [0.1, 0.15) is 105 Å². The van der Waals surface area contributed by atoms with Gasteiger partial charge in [-0.2, -0.15) is 0 Å². The number of H-pyrrole nitrogens is 1. The number of benzene rings is 1. The summed E-state index contributed by atoms with van der Waals surface area (Å²) < 4.78 is 16.9. The average molecular weight is 681 g/mol. The van der Waals surface area contributed by atoms with Crippen LogP contribution in [0.5, 0.6) is 5.75 Å².